The summed E-state index contributed by atoms with van der Waals surface area (Å²) in [5.41, 5.74) is 1.29. The Morgan fingerprint density at radius 2 is 2.25 bits per heavy atom. The van der Waals surface area contributed by atoms with Crippen LogP contribution >= 0.6 is 10.8 Å². The molecule has 0 saturated carbocycles. The molecular formula is C3H3NO2S2. The summed E-state index contributed by atoms with van der Waals surface area (Å²) in [7, 11) is -2.28. The Labute approximate surface area is 50.8 Å². The fourth-order valence-corrected chi connectivity index (χ4v) is 1.64. The van der Waals surface area contributed by atoms with E-state index in [1.807, 2.05) is 0 Å². The van der Waals surface area contributed by atoms with Gasteiger partial charge in [0.2, 0.25) is 8.87 Å². The average molecular weight is 149 g/mol. The molecular weight excluding hydrogens is 146 g/mol. The average Bonchev–Trinajstić information content (AvgIpc) is 1.65. The molecule has 0 aromatic carbocycles. The van der Waals surface area contributed by atoms with Crippen molar-refractivity contribution in [1.29, 1.82) is 0 Å². The van der Waals surface area contributed by atoms with E-state index in [2.05, 4.69) is 4.99 Å². The second kappa shape index (κ2) is 1.91. The van der Waals surface area contributed by atoms with Crippen LogP contribution in [0.4, 0.5) is 0 Å². The zero-order valence-electron chi connectivity index (χ0n) is 3.81. The largest absolute Gasteiger partial charge is 0.256 e. The van der Waals surface area contributed by atoms with Gasteiger partial charge in [-0.2, -0.15) is 0 Å². The first-order valence-electron chi connectivity index (χ1n) is 1.82. The number of hydrogen-bond donors (Lipinski definition) is 0. The van der Waals surface area contributed by atoms with Crippen molar-refractivity contribution in [3.63, 3.8) is 0 Å². The summed E-state index contributed by atoms with van der Waals surface area (Å²) in [5, 5.41) is 1.07. The van der Waals surface area contributed by atoms with Gasteiger partial charge in [-0.15, -0.1) is 0 Å². The highest BCUT2D eigenvalue weighted by atomic mass is 33.1. The smallest absolute Gasteiger partial charge is 0.230 e. The molecule has 0 fully saturated rings. The van der Waals surface area contributed by atoms with E-state index in [1.165, 1.54) is 11.7 Å². The van der Waals surface area contributed by atoms with Crippen LogP contribution in [0.2, 0.25) is 0 Å². The first kappa shape index (κ1) is 5.84. The molecule has 0 unspecified atom stereocenters. The van der Waals surface area contributed by atoms with Gasteiger partial charge < -0.3 is 0 Å². The Bertz CT molecular complexity index is 226. The molecule has 0 aromatic heterocycles. The van der Waals surface area contributed by atoms with Crippen LogP contribution in [-0.2, 0) is 8.87 Å². The first-order valence-corrected chi connectivity index (χ1v) is 4.76. The molecule has 8 heavy (non-hydrogen) atoms. The monoisotopic (exact) mass is 149 g/mol. The van der Waals surface area contributed by atoms with Crippen molar-refractivity contribution in [2.75, 3.05) is 0 Å². The molecule has 0 aromatic rings. The zero-order valence-corrected chi connectivity index (χ0v) is 5.45. The highest BCUT2D eigenvalue weighted by molar-refractivity contribution is 8.78. The minimum Gasteiger partial charge on any atom is -0.256 e. The normalized spacial score (nSPS) is 23.5. The fourth-order valence-electron chi connectivity index (χ4n) is 0.262. The number of hydrogen-bond acceptors (Lipinski definition) is 4. The third-order valence-electron chi connectivity index (χ3n) is 0.552. The van der Waals surface area contributed by atoms with Gasteiger partial charge in [0, 0.05) is 17.0 Å². The number of nitrogens with zero attached hydrogens (tertiary/aromatic N) is 1. The third-order valence-corrected chi connectivity index (χ3v) is 2.88. The quantitative estimate of drug-likeness (QED) is 0.473. The van der Waals surface area contributed by atoms with Crippen molar-refractivity contribution >= 4 is 25.2 Å². The lowest BCUT2D eigenvalue weighted by Crippen LogP contribution is -1.89. The van der Waals surface area contributed by atoms with Crippen molar-refractivity contribution in [3.8, 4) is 0 Å². The molecule has 5 heteroatoms. The van der Waals surface area contributed by atoms with E-state index >= 15 is 0 Å². The second-order valence-corrected chi connectivity index (χ2v) is 4.76. The molecule has 0 aliphatic carbocycles. The highest BCUT2D eigenvalue weighted by Gasteiger charge is 2.05. The fraction of sp³-hybridized carbons (Fsp3) is 0. The second-order valence-electron chi connectivity index (χ2n) is 1.13. The van der Waals surface area contributed by atoms with E-state index in [9.17, 15) is 8.42 Å². The van der Waals surface area contributed by atoms with Crippen molar-refractivity contribution in [2.24, 2.45) is 4.99 Å². The molecule has 3 nitrogen and oxygen atoms in total. The number of aliphatic imine (C=N–C) groups is 1. The Balaban J connectivity index is 2.98. The molecule has 44 valence electrons. The maximum absolute atomic E-state index is 10.4. The van der Waals surface area contributed by atoms with Crippen LogP contribution in [0.1, 0.15) is 0 Å². The summed E-state index contributed by atoms with van der Waals surface area (Å²) in [5.74, 6) is 0. The van der Waals surface area contributed by atoms with Crippen LogP contribution in [0.3, 0.4) is 0 Å². The molecule has 0 radical (unpaired) electrons. The maximum Gasteiger partial charge on any atom is 0.230 e. The lowest BCUT2D eigenvalue weighted by molar-refractivity contribution is 0.618. The van der Waals surface area contributed by atoms with Crippen LogP contribution in [0, 0.1) is 0 Å². The standard InChI is InChI=1S/C3H3NO2S2/c5-8(6)2-1-4-3-7-8/h1-3H. The van der Waals surface area contributed by atoms with Crippen molar-refractivity contribution < 1.29 is 8.42 Å². The van der Waals surface area contributed by atoms with Gasteiger partial charge in [0.15, 0.2) is 0 Å². The predicted molar refractivity (Wildman–Crippen MR) is 34.1 cm³/mol. The minimum atomic E-state index is -3.00. The third kappa shape index (κ3) is 1.34. The van der Waals surface area contributed by atoms with Crippen LogP contribution < -0.4 is 0 Å². The van der Waals surface area contributed by atoms with Gasteiger partial charge in [-0.05, 0) is 0 Å². The van der Waals surface area contributed by atoms with Gasteiger partial charge >= 0.3 is 0 Å². The Kier molecular flexibility index (Phi) is 1.39. The first-order chi connectivity index (χ1) is 3.71. The summed E-state index contributed by atoms with van der Waals surface area (Å²) >= 11 is 0. The maximum atomic E-state index is 10.4. The molecule has 1 rings (SSSR count). The van der Waals surface area contributed by atoms with Crippen molar-refractivity contribution in [1.82, 2.24) is 0 Å². The van der Waals surface area contributed by atoms with Crippen LogP contribution in [0.25, 0.3) is 0 Å². The van der Waals surface area contributed by atoms with E-state index in [0.29, 0.717) is 10.8 Å². The SMILES string of the molecule is O=S1(=O)C=CN=CS1. The molecule has 1 aliphatic heterocycles. The van der Waals surface area contributed by atoms with Crippen LogP contribution in [0.5, 0.6) is 0 Å². The van der Waals surface area contributed by atoms with Crippen LogP contribution in [-0.4, -0.2) is 14.0 Å². The lowest BCUT2D eigenvalue weighted by atomic mass is 11.0. The zero-order chi connectivity index (χ0) is 6.04. The van der Waals surface area contributed by atoms with Crippen molar-refractivity contribution in [3.05, 3.63) is 11.6 Å². The minimum absolute atomic E-state index is 0.714. The molecule has 0 spiro atoms. The van der Waals surface area contributed by atoms with E-state index in [4.69, 9.17) is 0 Å². The molecule has 0 bridgehead atoms. The molecule has 0 N–H and O–H groups in total. The Morgan fingerprint density at radius 1 is 1.50 bits per heavy atom. The van der Waals surface area contributed by atoms with Crippen LogP contribution in [0.15, 0.2) is 16.6 Å². The molecule has 0 atom stereocenters. The summed E-state index contributed by atoms with van der Waals surface area (Å²) in [6.07, 6.45) is 1.26. The summed E-state index contributed by atoms with van der Waals surface area (Å²) in [6.45, 7) is 0. The van der Waals surface area contributed by atoms with E-state index in [-0.39, 0.29) is 0 Å². The van der Waals surface area contributed by atoms with Gasteiger partial charge in [0.25, 0.3) is 0 Å². The molecule has 1 heterocycles. The van der Waals surface area contributed by atoms with Gasteiger partial charge in [-0.3, -0.25) is 4.99 Å². The molecule has 1 aliphatic rings. The van der Waals surface area contributed by atoms with E-state index in [1.54, 1.807) is 0 Å². The number of rotatable bonds is 0. The van der Waals surface area contributed by atoms with E-state index in [0.717, 1.165) is 5.41 Å². The summed E-state index contributed by atoms with van der Waals surface area (Å²) < 4.78 is 20.9. The summed E-state index contributed by atoms with van der Waals surface area (Å²) in [6, 6.07) is 0. The Morgan fingerprint density at radius 3 is 2.50 bits per heavy atom. The Hall–Kier alpha value is -0.290. The molecule has 0 amide bonds. The van der Waals surface area contributed by atoms with Gasteiger partial charge in [0.05, 0.1) is 11.0 Å². The van der Waals surface area contributed by atoms with Gasteiger partial charge in [0.1, 0.15) is 0 Å². The topological polar surface area (TPSA) is 46.5 Å². The van der Waals surface area contributed by atoms with E-state index < -0.39 is 8.87 Å². The predicted octanol–water partition coefficient (Wildman–Crippen LogP) is 0.563. The molecule has 0 saturated heterocycles. The lowest BCUT2D eigenvalue weighted by Gasteiger charge is -1.92. The highest BCUT2D eigenvalue weighted by Crippen LogP contribution is 2.14. The van der Waals surface area contributed by atoms with Gasteiger partial charge in [-0.1, -0.05) is 0 Å². The summed E-state index contributed by atoms with van der Waals surface area (Å²) in [4.78, 5) is 3.55. The van der Waals surface area contributed by atoms with Crippen molar-refractivity contribution in [2.45, 2.75) is 0 Å². The van der Waals surface area contributed by atoms with Gasteiger partial charge in [-0.25, -0.2) is 8.42 Å².